The van der Waals surface area contributed by atoms with Gasteiger partial charge in [-0.3, -0.25) is 14.4 Å². The summed E-state index contributed by atoms with van der Waals surface area (Å²) in [4.78, 5) is 41.9. The van der Waals surface area contributed by atoms with E-state index in [4.69, 9.17) is 4.74 Å². The van der Waals surface area contributed by atoms with E-state index in [1.165, 1.54) is 11.0 Å². The summed E-state index contributed by atoms with van der Waals surface area (Å²) in [6, 6.07) is 11.9. The van der Waals surface area contributed by atoms with Crippen LogP contribution in [-0.4, -0.2) is 61.0 Å². The van der Waals surface area contributed by atoms with Gasteiger partial charge in [0.25, 0.3) is 5.91 Å². The second kappa shape index (κ2) is 12.3. The Hall–Kier alpha value is -3.59. The molecule has 7 nitrogen and oxygen atoms in total. The number of halogens is 2. The Labute approximate surface area is 233 Å². The van der Waals surface area contributed by atoms with Gasteiger partial charge in [-0.25, -0.2) is 8.78 Å². The van der Waals surface area contributed by atoms with Crippen molar-refractivity contribution in [2.24, 2.45) is 11.3 Å². The first-order valence-electron chi connectivity index (χ1n) is 14.0. The highest BCUT2D eigenvalue weighted by Crippen LogP contribution is 2.36. The number of amides is 3. The average molecular weight is 552 g/mol. The number of carbonyl (C=O) groups is 3. The van der Waals surface area contributed by atoms with E-state index in [1.807, 2.05) is 42.5 Å². The summed E-state index contributed by atoms with van der Waals surface area (Å²) in [5, 5.41) is 6.20. The zero-order valence-electron chi connectivity index (χ0n) is 22.4. The fourth-order valence-electron chi connectivity index (χ4n) is 6.03. The maximum atomic E-state index is 14.4. The number of hydrogen-bond donors (Lipinski definition) is 2. The number of hydrogen-bond acceptors (Lipinski definition) is 4. The minimum absolute atomic E-state index is 0.138. The van der Waals surface area contributed by atoms with Gasteiger partial charge in [0.15, 0.2) is 0 Å². The number of benzene rings is 2. The van der Waals surface area contributed by atoms with Crippen molar-refractivity contribution >= 4 is 17.7 Å². The lowest BCUT2D eigenvalue weighted by Gasteiger charge is -2.40. The highest BCUT2D eigenvalue weighted by molar-refractivity contribution is 5.95. The van der Waals surface area contributed by atoms with E-state index < -0.39 is 34.6 Å². The van der Waals surface area contributed by atoms with E-state index in [0.717, 1.165) is 17.7 Å². The number of likely N-dealkylation sites (tertiary alicyclic amines) is 1. The lowest BCUT2D eigenvalue weighted by atomic mass is 9.75. The summed E-state index contributed by atoms with van der Waals surface area (Å²) in [6.07, 6.45) is 6.96. The summed E-state index contributed by atoms with van der Waals surface area (Å²) in [5.41, 5.74) is -0.292. The van der Waals surface area contributed by atoms with Crippen molar-refractivity contribution in [3.05, 3.63) is 83.4 Å². The SMILES string of the molecule is O=C1N[C@H]2CCN(C(=O)c3c(F)cccc3F)C[C@H]2C/C=C/CC2(CCOCC2)C(=O)N[C@@H]1Cc1ccccc1. The fraction of sp³-hybridized carbons (Fsp3) is 0.452. The first-order valence-corrected chi connectivity index (χ1v) is 14.0. The van der Waals surface area contributed by atoms with Crippen LogP contribution in [0.25, 0.3) is 0 Å². The van der Waals surface area contributed by atoms with Gasteiger partial charge >= 0.3 is 0 Å². The van der Waals surface area contributed by atoms with Gasteiger partial charge in [-0.15, -0.1) is 0 Å². The Balaban J connectivity index is 1.40. The molecule has 0 aliphatic carbocycles. The Bertz CT molecular complexity index is 1240. The number of carbonyl (C=O) groups excluding carboxylic acids is 3. The van der Waals surface area contributed by atoms with Crippen LogP contribution in [0.2, 0.25) is 0 Å². The predicted molar refractivity (Wildman–Crippen MR) is 145 cm³/mol. The molecular formula is C31H35F2N3O4. The molecule has 3 aliphatic heterocycles. The first kappa shape index (κ1) is 28.0. The molecule has 0 radical (unpaired) electrons. The number of rotatable bonds is 3. The molecule has 3 atom stereocenters. The molecule has 40 heavy (non-hydrogen) atoms. The molecule has 5 rings (SSSR count). The second-order valence-electron chi connectivity index (χ2n) is 11.0. The lowest BCUT2D eigenvalue weighted by Crippen LogP contribution is -2.58. The minimum atomic E-state index is -0.889. The van der Waals surface area contributed by atoms with Crippen LogP contribution >= 0.6 is 0 Å². The summed E-state index contributed by atoms with van der Waals surface area (Å²) in [5.74, 6) is -3.04. The van der Waals surface area contributed by atoms with Crippen molar-refractivity contribution < 1.29 is 27.9 Å². The molecular weight excluding hydrogens is 516 g/mol. The van der Waals surface area contributed by atoms with E-state index in [0.29, 0.717) is 51.7 Å². The number of piperidine rings is 1. The summed E-state index contributed by atoms with van der Waals surface area (Å²) >= 11 is 0. The fourth-order valence-corrected chi connectivity index (χ4v) is 6.03. The van der Waals surface area contributed by atoms with Crippen molar-refractivity contribution in [1.29, 1.82) is 0 Å². The van der Waals surface area contributed by atoms with Crippen LogP contribution in [0.5, 0.6) is 0 Å². The third-order valence-corrected chi connectivity index (χ3v) is 8.48. The van der Waals surface area contributed by atoms with Gasteiger partial charge < -0.3 is 20.3 Å². The van der Waals surface area contributed by atoms with Gasteiger partial charge in [0.1, 0.15) is 23.2 Å². The van der Waals surface area contributed by atoms with E-state index in [2.05, 4.69) is 10.6 Å². The number of nitrogens with zero attached hydrogens (tertiary/aromatic N) is 1. The van der Waals surface area contributed by atoms with Gasteiger partial charge in [-0.1, -0.05) is 48.6 Å². The molecule has 2 aromatic carbocycles. The Morgan fingerprint density at radius 3 is 2.42 bits per heavy atom. The monoisotopic (exact) mass is 551 g/mol. The molecule has 3 heterocycles. The molecule has 3 amide bonds. The maximum Gasteiger partial charge on any atom is 0.259 e. The van der Waals surface area contributed by atoms with Crippen molar-refractivity contribution in [1.82, 2.24) is 15.5 Å². The van der Waals surface area contributed by atoms with Gasteiger partial charge in [0.2, 0.25) is 11.8 Å². The second-order valence-corrected chi connectivity index (χ2v) is 11.0. The maximum absolute atomic E-state index is 14.4. The Kier molecular flexibility index (Phi) is 8.59. The molecule has 0 bridgehead atoms. The van der Waals surface area contributed by atoms with Gasteiger partial charge in [-0.2, -0.15) is 0 Å². The number of allylic oxidation sites excluding steroid dienone is 2. The third-order valence-electron chi connectivity index (χ3n) is 8.48. The average Bonchev–Trinajstić information content (AvgIpc) is 2.96. The lowest BCUT2D eigenvalue weighted by molar-refractivity contribution is -0.140. The zero-order valence-corrected chi connectivity index (χ0v) is 22.4. The van der Waals surface area contributed by atoms with Crippen LogP contribution in [-0.2, 0) is 20.7 Å². The highest BCUT2D eigenvalue weighted by atomic mass is 19.1. The Morgan fingerprint density at radius 2 is 1.70 bits per heavy atom. The van der Waals surface area contributed by atoms with Crippen molar-refractivity contribution in [2.75, 3.05) is 26.3 Å². The molecule has 9 heteroatoms. The third kappa shape index (κ3) is 6.09. The smallest absolute Gasteiger partial charge is 0.259 e. The molecule has 0 unspecified atom stereocenters. The number of fused-ring (bicyclic) bond motifs is 1. The molecule has 2 saturated heterocycles. The summed E-state index contributed by atoms with van der Waals surface area (Å²) in [6.45, 7) is 1.45. The molecule has 2 N–H and O–H groups in total. The first-order chi connectivity index (χ1) is 19.4. The molecule has 0 saturated carbocycles. The van der Waals surface area contributed by atoms with Gasteiger partial charge in [0.05, 0.1) is 5.41 Å². The van der Waals surface area contributed by atoms with Crippen LogP contribution in [0.1, 0.15) is 48.0 Å². The van der Waals surface area contributed by atoms with E-state index in [1.54, 1.807) is 0 Å². The standard InChI is InChI=1S/C31H35F2N3O4/c32-23-10-6-11-24(33)27(23)29(38)36-16-12-25-22(20-36)9-4-5-13-31(14-17-40-18-15-31)30(39)35-26(28(37)34-25)19-21-7-2-1-3-8-21/h1-8,10-11,22,25-26H,9,12-20H2,(H,34,37)(H,35,39)/b5-4+/t22-,25+,26-/m1/s1. The van der Waals surface area contributed by atoms with Crippen LogP contribution < -0.4 is 10.6 Å². The molecule has 3 aliphatic rings. The summed E-state index contributed by atoms with van der Waals surface area (Å²) in [7, 11) is 0. The van der Waals surface area contributed by atoms with E-state index in [9.17, 15) is 23.2 Å². The van der Waals surface area contributed by atoms with Crippen LogP contribution in [0.15, 0.2) is 60.7 Å². The Morgan fingerprint density at radius 1 is 0.975 bits per heavy atom. The summed E-state index contributed by atoms with van der Waals surface area (Å²) < 4.78 is 34.3. The normalized spacial score (nSPS) is 26.1. The molecule has 0 aromatic heterocycles. The van der Waals surface area contributed by atoms with Gasteiger partial charge in [0, 0.05) is 44.7 Å². The minimum Gasteiger partial charge on any atom is -0.381 e. The van der Waals surface area contributed by atoms with Crippen LogP contribution in [0.4, 0.5) is 8.78 Å². The van der Waals surface area contributed by atoms with E-state index >= 15 is 0 Å². The van der Waals surface area contributed by atoms with Crippen molar-refractivity contribution in [3.8, 4) is 0 Å². The van der Waals surface area contributed by atoms with Crippen LogP contribution in [0.3, 0.4) is 0 Å². The van der Waals surface area contributed by atoms with Crippen LogP contribution in [0, 0.1) is 23.0 Å². The highest BCUT2D eigenvalue weighted by Gasteiger charge is 2.42. The number of ether oxygens (including phenoxy) is 1. The quantitative estimate of drug-likeness (QED) is 0.569. The van der Waals surface area contributed by atoms with E-state index in [-0.39, 0.29) is 36.9 Å². The van der Waals surface area contributed by atoms with Gasteiger partial charge in [-0.05, 0) is 49.8 Å². The molecule has 2 aromatic rings. The molecule has 1 spiro atoms. The molecule has 212 valence electrons. The van der Waals surface area contributed by atoms with Crippen molar-refractivity contribution in [2.45, 2.75) is 50.6 Å². The topological polar surface area (TPSA) is 87.7 Å². The predicted octanol–water partition coefficient (Wildman–Crippen LogP) is 3.79. The largest absolute Gasteiger partial charge is 0.381 e. The molecule has 2 fully saturated rings. The number of nitrogens with one attached hydrogen (secondary N) is 2. The van der Waals surface area contributed by atoms with Crippen molar-refractivity contribution in [3.63, 3.8) is 0 Å². The zero-order chi connectivity index (χ0) is 28.1.